The zero-order chi connectivity index (χ0) is 28.8. The molecule has 0 radical (unpaired) electrons. The fourth-order valence-electron chi connectivity index (χ4n) is 2.59. The van der Waals surface area contributed by atoms with Gasteiger partial charge in [-0.3, -0.25) is 14.5 Å². The molecule has 2 aromatic rings. The van der Waals surface area contributed by atoms with Crippen molar-refractivity contribution in [1.82, 2.24) is 4.90 Å². The maximum atomic E-state index is 12.3. The second-order valence-corrected chi connectivity index (χ2v) is 7.73. The Morgan fingerprint density at radius 1 is 0.784 bits per heavy atom. The molecule has 0 saturated heterocycles. The van der Waals surface area contributed by atoms with Crippen molar-refractivity contribution < 1.29 is 14.7 Å². The van der Waals surface area contributed by atoms with E-state index in [0.717, 1.165) is 11.1 Å². The quantitative estimate of drug-likeness (QED) is 0.256. The first-order valence-corrected chi connectivity index (χ1v) is 12.9. The number of hydrogen-bond donors (Lipinski definition) is 1. The van der Waals surface area contributed by atoms with Crippen LogP contribution in [0, 0.1) is 0 Å². The Morgan fingerprint density at radius 3 is 1.30 bits per heavy atom. The van der Waals surface area contributed by atoms with Crippen LogP contribution in [0.15, 0.2) is 96.8 Å². The minimum atomic E-state index is -0.250. The van der Waals surface area contributed by atoms with E-state index >= 15 is 0 Å². The molecule has 0 saturated carbocycles. The highest BCUT2D eigenvalue weighted by molar-refractivity contribution is 6.48. The van der Waals surface area contributed by atoms with Crippen LogP contribution >= 0.6 is 0 Å². The molecule has 0 fully saturated rings. The van der Waals surface area contributed by atoms with Crippen LogP contribution in [-0.2, 0) is 9.59 Å². The maximum Gasteiger partial charge on any atom is 0.261 e. The predicted octanol–water partition coefficient (Wildman–Crippen LogP) is 9.04. The van der Waals surface area contributed by atoms with Gasteiger partial charge in [0.15, 0.2) is 0 Å². The van der Waals surface area contributed by atoms with Gasteiger partial charge in [-0.15, -0.1) is 0 Å². The summed E-state index contributed by atoms with van der Waals surface area (Å²) in [5, 5.41) is 8.17. The third-order valence-electron chi connectivity index (χ3n) is 5.20. The highest BCUT2D eigenvalue weighted by atomic mass is 16.3. The first kappa shape index (κ1) is 35.5. The van der Waals surface area contributed by atoms with Crippen molar-refractivity contribution in [2.75, 3.05) is 7.05 Å². The van der Waals surface area contributed by atoms with E-state index in [2.05, 4.69) is 33.4 Å². The van der Waals surface area contributed by atoms with Gasteiger partial charge in [0.25, 0.3) is 11.8 Å². The highest BCUT2D eigenvalue weighted by Crippen LogP contribution is 2.34. The molecule has 1 heterocycles. The van der Waals surface area contributed by atoms with Gasteiger partial charge in [0.05, 0.1) is 16.9 Å². The number of aliphatic hydroxyl groups is 1. The second-order valence-electron chi connectivity index (χ2n) is 7.73. The molecule has 1 aliphatic heterocycles. The summed E-state index contributed by atoms with van der Waals surface area (Å²) in [4.78, 5) is 25.9. The maximum absolute atomic E-state index is 12.3. The summed E-state index contributed by atoms with van der Waals surface area (Å²) in [6.45, 7) is 19.4. The smallest absolute Gasteiger partial charge is 0.261 e. The van der Waals surface area contributed by atoms with E-state index in [1.54, 1.807) is 0 Å². The van der Waals surface area contributed by atoms with Crippen LogP contribution in [0.25, 0.3) is 11.1 Å². The SMILES string of the molecule is C/C=C(\C)CC.C/C=C\C.C=C(O)CC.CC.CN1C(=O)C(c2ccccc2)=C(c2ccccc2)C1=O. The Bertz CT molecular complexity index is 951. The van der Waals surface area contributed by atoms with Crippen molar-refractivity contribution in [1.29, 1.82) is 0 Å². The molecule has 37 heavy (non-hydrogen) atoms. The first-order chi connectivity index (χ1) is 17.7. The molecule has 0 unspecified atom stereocenters. The molecule has 0 aliphatic carbocycles. The lowest BCUT2D eigenvalue weighted by atomic mass is 9.96. The van der Waals surface area contributed by atoms with Crippen LogP contribution in [0.4, 0.5) is 0 Å². The predicted molar refractivity (Wildman–Crippen MR) is 161 cm³/mol. The van der Waals surface area contributed by atoms with Crippen molar-refractivity contribution in [2.45, 2.75) is 68.2 Å². The third kappa shape index (κ3) is 13.3. The van der Waals surface area contributed by atoms with Crippen molar-refractivity contribution in [3.63, 3.8) is 0 Å². The fourth-order valence-corrected chi connectivity index (χ4v) is 2.59. The van der Waals surface area contributed by atoms with E-state index in [1.165, 1.54) is 23.9 Å². The summed E-state index contributed by atoms with van der Waals surface area (Å²) < 4.78 is 0. The molecular formula is C33H47NO3. The zero-order valence-electron chi connectivity index (χ0n) is 24.3. The van der Waals surface area contributed by atoms with E-state index in [1.807, 2.05) is 107 Å². The number of rotatable bonds is 4. The minimum Gasteiger partial charge on any atom is -0.513 e. The summed E-state index contributed by atoms with van der Waals surface area (Å²) in [6, 6.07) is 18.6. The number of nitrogens with zero attached hydrogens (tertiary/aromatic N) is 1. The Labute approximate surface area is 225 Å². The molecule has 0 spiro atoms. The van der Waals surface area contributed by atoms with Gasteiger partial charge in [-0.05, 0) is 45.2 Å². The van der Waals surface area contributed by atoms with Gasteiger partial charge in [0, 0.05) is 13.5 Å². The molecule has 202 valence electrons. The van der Waals surface area contributed by atoms with Crippen LogP contribution in [0.2, 0.25) is 0 Å². The molecular weight excluding hydrogens is 458 g/mol. The van der Waals surface area contributed by atoms with Crippen LogP contribution in [0.1, 0.15) is 79.4 Å². The number of likely N-dealkylation sites (N-methyl/N-ethyl adjacent to an activating group) is 1. The van der Waals surface area contributed by atoms with Gasteiger partial charge in [0.2, 0.25) is 0 Å². The summed E-state index contributed by atoms with van der Waals surface area (Å²) >= 11 is 0. The fraction of sp³-hybridized carbons (Fsp3) is 0.333. The minimum absolute atomic E-state index is 0.250. The number of amides is 2. The normalized spacial score (nSPS) is 12.4. The van der Waals surface area contributed by atoms with Gasteiger partial charge in [-0.2, -0.15) is 0 Å². The van der Waals surface area contributed by atoms with Crippen LogP contribution in [0.5, 0.6) is 0 Å². The summed E-state index contributed by atoms with van der Waals surface area (Å²) in [7, 11) is 1.52. The molecule has 1 N–H and O–H groups in total. The van der Waals surface area contributed by atoms with Crippen molar-refractivity contribution in [2.24, 2.45) is 0 Å². The number of aliphatic hydroxyl groups excluding tert-OH is 1. The van der Waals surface area contributed by atoms with Crippen LogP contribution in [0.3, 0.4) is 0 Å². The largest absolute Gasteiger partial charge is 0.513 e. The molecule has 4 heteroatoms. The lowest BCUT2D eigenvalue weighted by molar-refractivity contribution is -0.134. The van der Waals surface area contributed by atoms with E-state index in [9.17, 15) is 9.59 Å². The van der Waals surface area contributed by atoms with Crippen LogP contribution < -0.4 is 0 Å². The Hall–Kier alpha value is -3.66. The number of carbonyl (C=O) groups excluding carboxylic acids is 2. The van der Waals surface area contributed by atoms with E-state index in [4.69, 9.17) is 5.11 Å². The van der Waals surface area contributed by atoms with Crippen molar-refractivity contribution in [3.05, 3.63) is 108 Å². The average Bonchev–Trinajstić information content (AvgIpc) is 3.19. The highest BCUT2D eigenvalue weighted by Gasteiger charge is 2.36. The lowest BCUT2D eigenvalue weighted by Crippen LogP contribution is -2.26. The number of carbonyl (C=O) groups is 2. The van der Waals surface area contributed by atoms with Gasteiger partial charge in [-0.1, -0.05) is 119 Å². The first-order valence-electron chi connectivity index (χ1n) is 12.9. The van der Waals surface area contributed by atoms with E-state index < -0.39 is 0 Å². The molecule has 2 aromatic carbocycles. The Balaban J connectivity index is 0. The molecule has 0 atom stereocenters. The van der Waals surface area contributed by atoms with Crippen molar-refractivity contribution >= 4 is 23.0 Å². The lowest BCUT2D eigenvalue weighted by Gasteiger charge is -2.06. The molecule has 2 amide bonds. The zero-order valence-corrected chi connectivity index (χ0v) is 24.3. The molecule has 0 aromatic heterocycles. The van der Waals surface area contributed by atoms with E-state index in [0.29, 0.717) is 17.6 Å². The summed E-state index contributed by atoms with van der Waals surface area (Å²) in [6.07, 6.45) is 8.00. The van der Waals surface area contributed by atoms with Gasteiger partial charge in [-0.25, -0.2) is 0 Å². The Morgan fingerprint density at radius 2 is 1.11 bits per heavy atom. The van der Waals surface area contributed by atoms with E-state index in [-0.39, 0.29) is 17.6 Å². The average molecular weight is 506 g/mol. The second kappa shape index (κ2) is 21.6. The Kier molecular flexibility index (Phi) is 20.7. The standard InChI is InChI=1S/C17H13NO2.C6H12.C4H8O.C4H8.C2H6/c1-18-16(19)14(12-8-4-2-5-9-12)15(17(18)20)13-10-6-3-7-11-13;1-4-6(3)5-2;1-3-4(2)5;1-3-4-2;1-2/h2-11H,1H3;4H,5H2,1-3H3;5H,2-3H2,1H3;3-4H,1-2H3;1-2H3/b;6-4+;;4-3-;. The number of imide groups is 1. The topological polar surface area (TPSA) is 57.6 Å². The molecule has 1 aliphatic rings. The third-order valence-corrected chi connectivity index (χ3v) is 5.20. The monoisotopic (exact) mass is 505 g/mol. The summed E-state index contributed by atoms with van der Waals surface area (Å²) in [5.74, 6) is -0.245. The van der Waals surface area contributed by atoms with Crippen LogP contribution in [-0.4, -0.2) is 28.9 Å². The molecule has 0 bridgehead atoms. The van der Waals surface area contributed by atoms with Gasteiger partial charge < -0.3 is 5.11 Å². The van der Waals surface area contributed by atoms with Gasteiger partial charge >= 0.3 is 0 Å². The van der Waals surface area contributed by atoms with Crippen molar-refractivity contribution in [3.8, 4) is 0 Å². The summed E-state index contributed by atoms with van der Waals surface area (Å²) in [5.41, 5.74) is 3.96. The molecule has 3 rings (SSSR count). The number of allylic oxidation sites excluding steroid dienone is 5. The molecule has 4 nitrogen and oxygen atoms in total. The number of benzene rings is 2. The number of hydrogen-bond acceptors (Lipinski definition) is 3. The van der Waals surface area contributed by atoms with Gasteiger partial charge in [0.1, 0.15) is 0 Å².